The number of hydrogen-bond donors (Lipinski definition) is 0. The van der Waals surface area contributed by atoms with Crippen LogP contribution in [0.1, 0.15) is 13.8 Å². The second kappa shape index (κ2) is 3.88. The standard InChI is InChI=1S/C15H15N2/c1-11(2)9-17-8-7-13-12-5-3-4-6-14(12)16-15(13)10-17/h3-8,10H,9H2,1-2H3. The molecule has 1 aromatic rings. The van der Waals surface area contributed by atoms with E-state index in [9.17, 15) is 0 Å². The molecule has 0 atom stereocenters. The summed E-state index contributed by atoms with van der Waals surface area (Å²) in [5, 5.41) is 1.24. The molecule has 1 radical (unpaired) electrons. The van der Waals surface area contributed by atoms with Crippen LogP contribution in [-0.2, 0) is 6.54 Å². The Morgan fingerprint density at radius 1 is 1.18 bits per heavy atom. The van der Waals surface area contributed by atoms with Gasteiger partial charge in [-0.2, -0.15) is 0 Å². The molecule has 0 aliphatic carbocycles. The Morgan fingerprint density at radius 3 is 2.82 bits per heavy atom. The van der Waals surface area contributed by atoms with Gasteiger partial charge in [0.15, 0.2) is 0 Å². The highest BCUT2D eigenvalue weighted by Crippen LogP contribution is 2.30. The lowest BCUT2D eigenvalue weighted by Gasteiger charge is -2.10. The van der Waals surface area contributed by atoms with Crippen LogP contribution in [0.2, 0.25) is 0 Å². The van der Waals surface area contributed by atoms with E-state index in [0.717, 1.165) is 17.8 Å². The first-order chi connectivity index (χ1) is 8.24. The van der Waals surface area contributed by atoms with Crippen molar-refractivity contribution in [2.24, 2.45) is 0 Å². The predicted molar refractivity (Wildman–Crippen MR) is 70.9 cm³/mol. The smallest absolute Gasteiger partial charge is 0.0878 e. The van der Waals surface area contributed by atoms with Crippen molar-refractivity contribution in [3.8, 4) is 11.3 Å². The lowest BCUT2D eigenvalue weighted by atomic mass is 10.1. The van der Waals surface area contributed by atoms with Crippen molar-refractivity contribution in [2.45, 2.75) is 20.4 Å². The van der Waals surface area contributed by atoms with Crippen molar-refractivity contribution >= 4 is 10.9 Å². The van der Waals surface area contributed by atoms with Crippen LogP contribution in [0.25, 0.3) is 22.2 Å². The van der Waals surface area contributed by atoms with E-state index in [1.54, 1.807) is 0 Å². The first-order valence-corrected chi connectivity index (χ1v) is 5.87. The number of rotatable bonds is 2. The van der Waals surface area contributed by atoms with Crippen molar-refractivity contribution in [3.05, 3.63) is 48.6 Å². The molecule has 0 spiro atoms. The highest BCUT2D eigenvalue weighted by Gasteiger charge is 2.11. The number of fused-ring (bicyclic) bond motifs is 3. The second-order valence-electron chi connectivity index (χ2n) is 4.75. The maximum Gasteiger partial charge on any atom is 0.0878 e. The summed E-state index contributed by atoms with van der Waals surface area (Å²) in [5.74, 6) is 1.39. The highest BCUT2D eigenvalue weighted by molar-refractivity contribution is 5.96. The van der Waals surface area contributed by atoms with Gasteiger partial charge in [0, 0.05) is 29.9 Å². The third kappa shape index (κ3) is 1.80. The summed E-state index contributed by atoms with van der Waals surface area (Å²) < 4.78 is 2.18. The fraction of sp³-hybridized carbons (Fsp3) is 0.200. The Morgan fingerprint density at radius 2 is 2.00 bits per heavy atom. The van der Waals surface area contributed by atoms with E-state index in [1.807, 2.05) is 6.07 Å². The number of hydrogen-bond acceptors (Lipinski definition) is 1. The van der Waals surface area contributed by atoms with Crippen LogP contribution >= 0.6 is 0 Å². The molecular formula is C15H15N2. The minimum atomic E-state index is 0.957. The molecule has 2 aliphatic heterocycles. The van der Waals surface area contributed by atoms with Crippen LogP contribution in [0.3, 0.4) is 0 Å². The molecule has 3 rings (SSSR count). The van der Waals surface area contributed by atoms with Gasteiger partial charge >= 0.3 is 0 Å². The van der Waals surface area contributed by atoms with Gasteiger partial charge in [0.2, 0.25) is 0 Å². The van der Waals surface area contributed by atoms with Gasteiger partial charge in [0.25, 0.3) is 0 Å². The first-order valence-electron chi connectivity index (χ1n) is 5.87. The van der Waals surface area contributed by atoms with Gasteiger partial charge in [0.1, 0.15) is 0 Å². The van der Waals surface area contributed by atoms with Crippen LogP contribution in [0.5, 0.6) is 0 Å². The maximum atomic E-state index is 4.65. The molecule has 0 aromatic heterocycles. The van der Waals surface area contributed by atoms with Crippen molar-refractivity contribution in [1.82, 2.24) is 9.55 Å². The number of pyridine rings is 1. The fourth-order valence-corrected chi connectivity index (χ4v) is 2.23. The van der Waals surface area contributed by atoms with Crippen LogP contribution < -0.4 is 0 Å². The Hall–Kier alpha value is -1.83. The summed E-state index contributed by atoms with van der Waals surface area (Å²) in [6.45, 7) is 5.25. The largest absolute Gasteiger partial charge is 0.352 e. The van der Waals surface area contributed by atoms with Gasteiger partial charge in [-0.1, -0.05) is 32.0 Å². The van der Waals surface area contributed by atoms with E-state index < -0.39 is 0 Å². The normalized spacial score (nSPS) is 11.7. The van der Waals surface area contributed by atoms with Crippen molar-refractivity contribution in [3.63, 3.8) is 0 Å². The van der Waals surface area contributed by atoms with Crippen molar-refractivity contribution < 1.29 is 0 Å². The Balaban J connectivity index is 2.16. The summed E-state index contributed by atoms with van der Waals surface area (Å²) in [4.78, 5) is 4.65. The summed E-state index contributed by atoms with van der Waals surface area (Å²) in [6.07, 6.45) is 4.26. The average Bonchev–Trinajstić information content (AvgIpc) is 2.65. The average molecular weight is 223 g/mol. The van der Waals surface area contributed by atoms with Gasteiger partial charge in [-0.25, -0.2) is 4.98 Å². The fourth-order valence-electron chi connectivity index (χ4n) is 2.23. The van der Waals surface area contributed by atoms with Crippen LogP contribution in [0.4, 0.5) is 0 Å². The summed E-state index contributed by atoms with van der Waals surface area (Å²) in [6, 6.07) is 10.5. The third-order valence-electron chi connectivity index (χ3n) is 2.93. The molecule has 0 N–H and O–H groups in total. The number of benzene rings is 1. The molecular weight excluding hydrogens is 208 g/mol. The zero-order valence-corrected chi connectivity index (χ0v) is 10.1. The molecule has 2 heteroatoms. The van der Waals surface area contributed by atoms with Gasteiger partial charge in [-0.15, -0.1) is 0 Å². The molecule has 0 bridgehead atoms. The zero-order valence-electron chi connectivity index (χ0n) is 10.1. The van der Waals surface area contributed by atoms with Gasteiger partial charge in [-0.05, 0) is 18.1 Å². The minimum Gasteiger partial charge on any atom is -0.352 e. The Kier molecular flexibility index (Phi) is 2.36. The van der Waals surface area contributed by atoms with E-state index in [0.29, 0.717) is 0 Å². The molecule has 0 unspecified atom stereocenters. The lowest BCUT2D eigenvalue weighted by Crippen LogP contribution is -2.03. The molecule has 0 saturated carbocycles. The van der Waals surface area contributed by atoms with E-state index in [1.165, 1.54) is 16.9 Å². The molecule has 17 heavy (non-hydrogen) atoms. The van der Waals surface area contributed by atoms with Crippen molar-refractivity contribution in [1.29, 1.82) is 0 Å². The molecule has 0 fully saturated rings. The highest BCUT2D eigenvalue weighted by atomic mass is 14.9. The first kappa shape index (κ1) is 10.3. The van der Waals surface area contributed by atoms with Crippen LogP contribution in [0, 0.1) is 5.92 Å². The lowest BCUT2D eigenvalue weighted by molar-refractivity contribution is 0.706. The quantitative estimate of drug-likeness (QED) is 0.647. The van der Waals surface area contributed by atoms with Gasteiger partial charge in [-0.3, -0.25) is 0 Å². The molecule has 2 nitrogen and oxygen atoms in total. The van der Waals surface area contributed by atoms with E-state index in [-0.39, 0.29) is 0 Å². The minimum absolute atomic E-state index is 0.957. The van der Waals surface area contributed by atoms with E-state index >= 15 is 0 Å². The molecule has 1 aromatic carbocycles. The zero-order chi connectivity index (χ0) is 11.8. The Bertz CT molecular complexity index is 622. The maximum absolute atomic E-state index is 4.65. The molecule has 0 saturated heterocycles. The topological polar surface area (TPSA) is 17.8 Å². The van der Waals surface area contributed by atoms with Gasteiger partial charge in [0.05, 0.1) is 11.2 Å². The van der Waals surface area contributed by atoms with Crippen LogP contribution in [-0.4, -0.2) is 9.55 Å². The van der Waals surface area contributed by atoms with Crippen LogP contribution in [0.15, 0.2) is 42.7 Å². The SMILES string of the molecule is C[C](C)Cn1ccc2c3ccccc3nc-2c1. The van der Waals surface area contributed by atoms with Gasteiger partial charge < -0.3 is 4.57 Å². The van der Waals surface area contributed by atoms with Crippen molar-refractivity contribution in [2.75, 3.05) is 0 Å². The third-order valence-corrected chi connectivity index (χ3v) is 2.93. The summed E-state index contributed by atoms with van der Waals surface area (Å²) >= 11 is 0. The Labute approximate surface area is 101 Å². The monoisotopic (exact) mass is 223 g/mol. The second-order valence-corrected chi connectivity index (χ2v) is 4.75. The number of aromatic nitrogens is 2. The molecule has 2 heterocycles. The van der Waals surface area contributed by atoms with E-state index in [2.05, 4.69) is 60.1 Å². The summed E-state index contributed by atoms with van der Waals surface area (Å²) in [5.41, 5.74) is 3.40. The van der Waals surface area contributed by atoms with E-state index in [4.69, 9.17) is 0 Å². The molecule has 0 amide bonds. The number of para-hydroxylation sites is 1. The molecule has 85 valence electrons. The summed E-state index contributed by atoms with van der Waals surface area (Å²) in [7, 11) is 0. The predicted octanol–water partition coefficient (Wildman–Crippen LogP) is 3.76. The molecule has 2 aliphatic rings. The number of nitrogens with zero attached hydrogens (tertiary/aromatic N) is 2.